The molecule has 34 heavy (non-hydrogen) atoms. The Kier molecular flexibility index (Phi) is 11.5. The Morgan fingerprint density at radius 1 is 0.794 bits per heavy atom. The predicted molar refractivity (Wildman–Crippen MR) is 132 cm³/mol. The molecule has 1 aliphatic carbocycles. The van der Waals surface area contributed by atoms with Gasteiger partial charge in [0.05, 0.1) is 31.1 Å². The molecule has 0 bridgehead atoms. The molecule has 0 unspecified atom stereocenters. The molecule has 0 amide bonds. The molecular formula is C27H37NO6. The van der Waals surface area contributed by atoms with Crippen molar-refractivity contribution in [1.82, 2.24) is 0 Å². The molecular weight excluding hydrogens is 434 g/mol. The van der Waals surface area contributed by atoms with E-state index in [-0.39, 0.29) is 34.2 Å². The molecule has 0 spiro atoms. The second-order valence-electron chi connectivity index (χ2n) is 8.45. The zero-order chi connectivity index (χ0) is 24.9. The highest BCUT2D eigenvalue weighted by Crippen LogP contribution is 2.38. The summed E-state index contributed by atoms with van der Waals surface area (Å²) in [5, 5.41) is 4.20. The quantitative estimate of drug-likeness (QED) is 0.131. The van der Waals surface area contributed by atoms with Gasteiger partial charge in [-0.25, -0.2) is 4.79 Å². The van der Waals surface area contributed by atoms with Gasteiger partial charge in [0, 0.05) is 12.0 Å². The lowest BCUT2D eigenvalue weighted by Crippen LogP contribution is -2.18. The van der Waals surface area contributed by atoms with Gasteiger partial charge in [-0.1, -0.05) is 63.9 Å². The summed E-state index contributed by atoms with van der Waals surface area (Å²) in [5.74, 6) is -0.564. The number of hydrogen-bond acceptors (Lipinski definition) is 7. The molecule has 186 valence electrons. The van der Waals surface area contributed by atoms with Crippen LogP contribution in [-0.4, -0.2) is 37.5 Å². The smallest absolute Gasteiger partial charge is 0.335 e. The van der Waals surface area contributed by atoms with Crippen LogP contribution >= 0.6 is 0 Å². The summed E-state index contributed by atoms with van der Waals surface area (Å²) in [6.07, 6.45) is 12.5. The largest absolute Gasteiger partial charge is 0.496 e. The van der Waals surface area contributed by atoms with Crippen LogP contribution in [0.4, 0.5) is 0 Å². The second kappa shape index (κ2) is 14.3. The maximum atomic E-state index is 12.7. The number of nitrogens with zero attached hydrogens (tertiary/aromatic N) is 1. The van der Waals surface area contributed by atoms with Crippen LogP contribution in [-0.2, 0) is 9.63 Å². The van der Waals surface area contributed by atoms with E-state index in [9.17, 15) is 14.4 Å². The number of methoxy groups -OCH3 is 2. The van der Waals surface area contributed by atoms with Crippen LogP contribution in [0.1, 0.15) is 111 Å². The molecule has 0 saturated carbocycles. The van der Waals surface area contributed by atoms with Crippen LogP contribution in [0.2, 0.25) is 0 Å². The number of unbranched alkanes of at least 4 members (excludes halogenated alkanes) is 7. The molecule has 1 aromatic carbocycles. The number of ether oxygens (including phenoxy) is 2. The zero-order valence-corrected chi connectivity index (χ0v) is 20.9. The number of allylic oxidation sites excluding steroid dienone is 2. The summed E-state index contributed by atoms with van der Waals surface area (Å²) in [7, 11) is 2.89. The van der Waals surface area contributed by atoms with Gasteiger partial charge >= 0.3 is 5.97 Å². The summed E-state index contributed by atoms with van der Waals surface area (Å²) < 4.78 is 11.1. The molecule has 7 heteroatoms. The molecule has 0 aliphatic heterocycles. The van der Waals surface area contributed by atoms with Gasteiger partial charge in [0.25, 0.3) is 0 Å². The molecule has 1 aliphatic rings. The Bertz CT molecular complexity index is 932. The maximum Gasteiger partial charge on any atom is 0.335 e. The highest BCUT2D eigenvalue weighted by Gasteiger charge is 2.31. The molecule has 0 N–H and O–H groups in total. The van der Waals surface area contributed by atoms with E-state index < -0.39 is 5.97 Å². The van der Waals surface area contributed by atoms with E-state index in [1.165, 1.54) is 45.6 Å². The van der Waals surface area contributed by atoms with Gasteiger partial charge in [-0.3, -0.25) is 9.59 Å². The average molecular weight is 472 g/mol. The van der Waals surface area contributed by atoms with Crippen LogP contribution < -0.4 is 9.47 Å². The van der Waals surface area contributed by atoms with E-state index in [1.54, 1.807) is 6.07 Å². The van der Waals surface area contributed by atoms with E-state index in [0.29, 0.717) is 24.1 Å². The van der Waals surface area contributed by atoms with Gasteiger partial charge < -0.3 is 14.3 Å². The normalized spacial score (nSPS) is 13.1. The fraction of sp³-hybridized carbons (Fsp3) is 0.556. The molecule has 0 radical (unpaired) electrons. The van der Waals surface area contributed by atoms with E-state index in [2.05, 4.69) is 19.0 Å². The monoisotopic (exact) mass is 471 g/mol. The Morgan fingerprint density at radius 2 is 1.38 bits per heavy atom. The third-order valence-corrected chi connectivity index (χ3v) is 5.87. The summed E-state index contributed by atoms with van der Waals surface area (Å²) in [6, 6.07) is 1.64. The van der Waals surface area contributed by atoms with Gasteiger partial charge in [-0.2, -0.15) is 0 Å². The zero-order valence-electron chi connectivity index (χ0n) is 20.9. The first-order valence-electron chi connectivity index (χ1n) is 12.3. The van der Waals surface area contributed by atoms with Gasteiger partial charge in [0.2, 0.25) is 0 Å². The molecule has 0 saturated heterocycles. The molecule has 7 nitrogen and oxygen atoms in total. The van der Waals surface area contributed by atoms with Crippen LogP contribution in [0, 0.1) is 0 Å². The SMILES string of the molecule is CCCCCCCCC(=NOC(=O)CCCCC)c1cc(OC)c2c(c1OC)C(=O)C=CC2=O. The highest BCUT2D eigenvalue weighted by atomic mass is 16.7. The number of ketones is 2. The van der Waals surface area contributed by atoms with E-state index in [1.807, 2.05) is 0 Å². The molecule has 1 aromatic rings. The number of benzene rings is 1. The van der Waals surface area contributed by atoms with Gasteiger partial charge in [-0.15, -0.1) is 0 Å². The van der Waals surface area contributed by atoms with Gasteiger partial charge in [0.1, 0.15) is 11.5 Å². The summed E-state index contributed by atoms with van der Waals surface area (Å²) in [4.78, 5) is 42.7. The molecule has 0 fully saturated rings. The van der Waals surface area contributed by atoms with Crippen LogP contribution in [0.3, 0.4) is 0 Å². The van der Waals surface area contributed by atoms with Crippen molar-refractivity contribution in [3.63, 3.8) is 0 Å². The number of hydrogen-bond donors (Lipinski definition) is 0. The Hall–Kier alpha value is -2.96. The Labute approximate surface area is 202 Å². The first-order chi connectivity index (χ1) is 16.5. The fourth-order valence-electron chi connectivity index (χ4n) is 4.00. The van der Waals surface area contributed by atoms with E-state index in [4.69, 9.17) is 14.3 Å². The minimum Gasteiger partial charge on any atom is -0.496 e. The number of carbonyl (C=O) groups is 3. The molecule has 0 aromatic heterocycles. The van der Waals surface area contributed by atoms with Gasteiger partial charge in [0.15, 0.2) is 11.6 Å². The second-order valence-corrected chi connectivity index (χ2v) is 8.45. The number of carbonyl (C=O) groups excluding carboxylic acids is 3. The van der Waals surface area contributed by atoms with Crippen molar-refractivity contribution in [1.29, 1.82) is 0 Å². The maximum absolute atomic E-state index is 12.7. The summed E-state index contributed by atoms with van der Waals surface area (Å²) in [6.45, 7) is 4.25. The van der Waals surface area contributed by atoms with Crippen molar-refractivity contribution in [2.45, 2.75) is 84.5 Å². The molecule has 0 atom stereocenters. The Morgan fingerprint density at radius 3 is 2.03 bits per heavy atom. The summed E-state index contributed by atoms with van der Waals surface area (Å²) >= 11 is 0. The minimum atomic E-state index is -0.396. The number of oxime groups is 1. The lowest BCUT2D eigenvalue weighted by Gasteiger charge is -2.20. The van der Waals surface area contributed by atoms with E-state index >= 15 is 0 Å². The summed E-state index contributed by atoms with van der Waals surface area (Å²) in [5.41, 5.74) is 1.30. The van der Waals surface area contributed by atoms with Crippen LogP contribution in [0.5, 0.6) is 11.5 Å². The Balaban J connectivity index is 2.40. The first-order valence-corrected chi connectivity index (χ1v) is 12.3. The van der Waals surface area contributed by atoms with Crippen molar-refractivity contribution in [2.24, 2.45) is 5.16 Å². The van der Waals surface area contributed by atoms with Crippen molar-refractivity contribution < 1.29 is 28.7 Å². The van der Waals surface area contributed by atoms with Crippen molar-refractivity contribution >= 4 is 23.2 Å². The number of rotatable bonds is 15. The standard InChI is InChI=1S/C27H37NO6/c1-5-7-9-10-11-13-14-20(28-34-24(31)15-12-8-6-2)19-18-23(32-3)25-21(29)16-17-22(30)26(25)27(19)33-4/h16-18H,5-15H2,1-4H3. The topological polar surface area (TPSA) is 91.3 Å². The highest BCUT2D eigenvalue weighted by molar-refractivity contribution is 6.25. The molecule has 0 heterocycles. The average Bonchev–Trinajstić information content (AvgIpc) is 2.84. The third kappa shape index (κ3) is 7.27. The lowest BCUT2D eigenvalue weighted by atomic mass is 9.88. The third-order valence-electron chi connectivity index (χ3n) is 5.87. The molecule has 2 rings (SSSR count). The van der Waals surface area contributed by atoms with E-state index in [0.717, 1.165) is 38.5 Å². The van der Waals surface area contributed by atoms with Crippen LogP contribution in [0.15, 0.2) is 23.4 Å². The van der Waals surface area contributed by atoms with Crippen molar-refractivity contribution in [3.05, 3.63) is 34.9 Å². The van der Waals surface area contributed by atoms with Crippen molar-refractivity contribution in [2.75, 3.05) is 14.2 Å². The minimum absolute atomic E-state index is 0.147. The van der Waals surface area contributed by atoms with Crippen molar-refractivity contribution in [3.8, 4) is 11.5 Å². The predicted octanol–water partition coefficient (Wildman–Crippen LogP) is 6.22. The fourth-order valence-corrected chi connectivity index (χ4v) is 4.00. The number of fused-ring (bicyclic) bond motifs is 1. The first kappa shape index (κ1) is 27.3. The lowest BCUT2D eigenvalue weighted by molar-refractivity contribution is -0.143. The van der Waals surface area contributed by atoms with Crippen LogP contribution in [0.25, 0.3) is 0 Å². The van der Waals surface area contributed by atoms with Gasteiger partial charge in [-0.05, 0) is 37.5 Å².